The van der Waals surface area contributed by atoms with Crippen molar-refractivity contribution < 1.29 is 19.1 Å². The number of carbonyl (C=O) groups excluding carboxylic acids is 1. The fourth-order valence-electron chi connectivity index (χ4n) is 1.96. The molecule has 0 spiro atoms. The number of aliphatic carboxylic acids is 1. The number of carboxylic acid groups (broad SMARTS) is 1. The molecule has 2 aromatic rings. The SMILES string of the molecule is CC(C(=O)O)N(C)CC(=O)Nc1ncc(Cc2ccc(F)cc2)s1. The van der Waals surface area contributed by atoms with Crippen LogP contribution in [-0.4, -0.2) is 46.5 Å². The summed E-state index contributed by atoms with van der Waals surface area (Å²) in [7, 11) is 1.57. The average Bonchev–Trinajstić information content (AvgIpc) is 2.95. The van der Waals surface area contributed by atoms with Crippen molar-refractivity contribution in [2.24, 2.45) is 0 Å². The maximum atomic E-state index is 12.9. The molecule has 2 N–H and O–H groups in total. The maximum absolute atomic E-state index is 12.9. The van der Waals surface area contributed by atoms with E-state index < -0.39 is 12.0 Å². The lowest BCUT2D eigenvalue weighted by Gasteiger charge is -2.19. The lowest BCUT2D eigenvalue weighted by atomic mass is 10.1. The van der Waals surface area contributed by atoms with Gasteiger partial charge >= 0.3 is 5.97 Å². The molecule has 0 saturated carbocycles. The predicted molar refractivity (Wildman–Crippen MR) is 89.7 cm³/mol. The highest BCUT2D eigenvalue weighted by atomic mass is 32.1. The van der Waals surface area contributed by atoms with Gasteiger partial charge in [-0.3, -0.25) is 14.5 Å². The number of rotatable bonds is 7. The number of thiazole rings is 1. The zero-order valence-corrected chi connectivity index (χ0v) is 14.1. The van der Waals surface area contributed by atoms with E-state index in [0.29, 0.717) is 11.6 Å². The first-order valence-corrected chi connectivity index (χ1v) is 8.09. The van der Waals surface area contributed by atoms with Crippen molar-refractivity contribution in [2.75, 3.05) is 18.9 Å². The van der Waals surface area contributed by atoms with Crippen LogP contribution in [0.1, 0.15) is 17.4 Å². The molecule has 24 heavy (non-hydrogen) atoms. The molecule has 6 nitrogen and oxygen atoms in total. The second-order valence-electron chi connectivity index (χ2n) is 5.41. The standard InChI is InChI=1S/C16H18FN3O3S/c1-10(15(22)23)20(2)9-14(21)19-16-18-8-13(24-16)7-11-3-5-12(17)6-4-11/h3-6,8,10H,7,9H2,1-2H3,(H,22,23)(H,18,19,21). The zero-order valence-electron chi connectivity index (χ0n) is 13.3. The summed E-state index contributed by atoms with van der Waals surface area (Å²) in [5, 5.41) is 12.0. The van der Waals surface area contributed by atoms with Gasteiger partial charge in [0.15, 0.2) is 5.13 Å². The summed E-state index contributed by atoms with van der Waals surface area (Å²) in [5.41, 5.74) is 0.952. The van der Waals surface area contributed by atoms with Crippen LogP contribution in [-0.2, 0) is 16.0 Å². The van der Waals surface area contributed by atoms with E-state index in [-0.39, 0.29) is 18.3 Å². The van der Waals surface area contributed by atoms with Gasteiger partial charge in [0.1, 0.15) is 11.9 Å². The van der Waals surface area contributed by atoms with Gasteiger partial charge in [0, 0.05) is 17.5 Å². The quantitative estimate of drug-likeness (QED) is 0.799. The molecule has 0 aliphatic heterocycles. The lowest BCUT2D eigenvalue weighted by Crippen LogP contribution is -2.40. The van der Waals surface area contributed by atoms with Crippen molar-refractivity contribution >= 4 is 28.3 Å². The van der Waals surface area contributed by atoms with Gasteiger partial charge in [0.25, 0.3) is 0 Å². The molecule has 128 valence electrons. The van der Waals surface area contributed by atoms with Crippen LogP contribution in [0.3, 0.4) is 0 Å². The van der Waals surface area contributed by atoms with Gasteiger partial charge in [-0.05, 0) is 31.7 Å². The van der Waals surface area contributed by atoms with Gasteiger partial charge in [0.2, 0.25) is 5.91 Å². The molecule has 2 rings (SSSR count). The first kappa shape index (κ1) is 18.0. The first-order chi connectivity index (χ1) is 11.3. The van der Waals surface area contributed by atoms with Crippen LogP contribution in [0.5, 0.6) is 0 Å². The van der Waals surface area contributed by atoms with Gasteiger partial charge in [-0.1, -0.05) is 12.1 Å². The molecular weight excluding hydrogens is 333 g/mol. The Morgan fingerprint density at radius 3 is 2.67 bits per heavy atom. The number of hydrogen-bond acceptors (Lipinski definition) is 5. The molecular formula is C16H18FN3O3S. The Kier molecular flexibility index (Phi) is 5.99. The first-order valence-electron chi connectivity index (χ1n) is 7.27. The molecule has 0 radical (unpaired) electrons. The topological polar surface area (TPSA) is 82.5 Å². The minimum Gasteiger partial charge on any atom is -0.480 e. The van der Waals surface area contributed by atoms with E-state index in [1.165, 1.54) is 35.3 Å². The number of likely N-dealkylation sites (N-methyl/N-ethyl adjacent to an activating group) is 1. The van der Waals surface area contributed by atoms with Crippen LogP contribution < -0.4 is 5.32 Å². The zero-order chi connectivity index (χ0) is 17.7. The van der Waals surface area contributed by atoms with E-state index in [9.17, 15) is 14.0 Å². The Hall–Kier alpha value is -2.32. The van der Waals surface area contributed by atoms with Gasteiger partial charge in [-0.25, -0.2) is 9.37 Å². The minimum atomic E-state index is -0.985. The van der Waals surface area contributed by atoms with Crippen molar-refractivity contribution in [1.29, 1.82) is 0 Å². The fraction of sp³-hybridized carbons (Fsp3) is 0.312. The van der Waals surface area contributed by atoms with Crippen LogP contribution >= 0.6 is 11.3 Å². The molecule has 1 aromatic carbocycles. The van der Waals surface area contributed by atoms with E-state index in [2.05, 4.69) is 10.3 Å². The smallest absolute Gasteiger partial charge is 0.320 e. The molecule has 1 unspecified atom stereocenters. The minimum absolute atomic E-state index is 0.0413. The summed E-state index contributed by atoms with van der Waals surface area (Å²) in [4.78, 5) is 29.3. The number of benzene rings is 1. The number of hydrogen-bond donors (Lipinski definition) is 2. The van der Waals surface area contributed by atoms with E-state index in [1.54, 1.807) is 25.4 Å². The third-order valence-electron chi connectivity index (χ3n) is 3.50. The summed E-state index contributed by atoms with van der Waals surface area (Å²) < 4.78 is 12.9. The molecule has 0 saturated heterocycles. The summed E-state index contributed by atoms with van der Waals surface area (Å²) in [5.74, 6) is -1.59. The van der Waals surface area contributed by atoms with Crippen LogP contribution in [0.2, 0.25) is 0 Å². The van der Waals surface area contributed by atoms with Crippen molar-refractivity contribution in [1.82, 2.24) is 9.88 Å². The number of nitrogens with one attached hydrogen (secondary N) is 1. The number of nitrogens with zero attached hydrogens (tertiary/aromatic N) is 2. The molecule has 0 fully saturated rings. The summed E-state index contributed by atoms with van der Waals surface area (Å²) in [6.07, 6.45) is 2.26. The predicted octanol–water partition coefficient (Wildman–Crippen LogP) is 2.22. The second kappa shape index (κ2) is 7.98. The number of aromatic nitrogens is 1. The van der Waals surface area contributed by atoms with Crippen LogP contribution in [0, 0.1) is 5.82 Å². The van der Waals surface area contributed by atoms with Gasteiger partial charge in [-0.15, -0.1) is 11.3 Å². The molecule has 0 bridgehead atoms. The number of carboxylic acids is 1. The van der Waals surface area contributed by atoms with Crippen LogP contribution in [0.4, 0.5) is 9.52 Å². The van der Waals surface area contributed by atoms with Gasteiger partial charge < -0.3 is 10.4 Å². The van der Waals surface area contributed by atoms with Crippen molar-refractivity contribution in [2.45, 2.75) is 19.4 Å². The summed E-state index contributed by atoms with van der Waals surface area (Å²) in [6, 6.07) is 5.46. The number of anilines is 1. The molecule has 1 amide bonds. The van der Waals surface area contributed by atoms with Crippen molar-refractivity contribution in [3.05, 3.63) is 46.7 Å². The largest absolute Gasteiger partial charge is 0.480 e. The number of halogens is 1. The molecule has 0 aliphatic rings. The Bertz CT molecular complexity index is 718. The Morgan fingerprint density at radius 2 is 2.04 bits per heavy atom. The van der Waals surface area contributed by atoms with Crippen LogP contribution in [0.25, 0.3) is 0 Å². The number of amides is 1. The molecule has 0 aliphatic carbocycles. The van der Waals surface area contributed by atoms with E-state index in [1.807, 2.05) is 0 Å². The molecule has 8 heteroatoms. The third-order valence-corrected chi connectivity index (χ3v) is 4.42. The molecule has 1 atom stereocenters. The van der Waals surface area contributed by atoms with E-state index in [0.717, 1.165) is 10.4 Å². The van der Waals surface area contributed by atoms with Gasteiger partial charge in [0.05, 0.1) is 6.54 Å². The number of carbonyl (C=O) groups is 2. The van der Waals surface area contributed by atoms with Crippen molar-refractivity contribution in [3.8, 4) is 0 Å². The molecule has 1 aromatic heterocycles. The Balaban J connectivity index is 1.90. The maximum Gasteiger partial charge on any atom is 0.320 e. The Labute approximate surface area is 142 Å². The highest BCUT2D eigenvalue weighted by molar-refractivity contribution is 7.15. The lowest BCUT2D eigenvalue weighted by molar-refractivity contribution is -0.142. The molecule has 1 heterocycles. The summed E-state index contributed by atoms with van der Waals surface area (Å²) in [6.45, 7) is 1.47. The van der Waals surface area contributed by atoms with Crippen molar-refractivity contribution in [3.63, 3.8) is 0 Å². The normalized spacial score (nSPS) is 12.2. The van der Waals surface area contributed by atoms with Gasteiger partial charge in [-0.2, -0.15) is 0 Å². The average molecular weight is 351 g/mol. The highest BCUT2D eigenvalue weighted by Gasteiger charge is 2.19. The third kappa shape index (κ3) is 5.10. The fourth-order valence-corrected chi connectivity index (χ4v) is 2.82. The van der Waals surface area contributed by atoms with E-state index in [4.69, 9.17) is 5.11 Å². The highest BCUT2D eigenvalue weighted by Crippen LogP contribution is 2.21. The second-order valence-corrected chi connectivity index (χ2v) is 6.53. The summed E-state index contributed by atoms with van der Waals surface area (Å²) >= 11 is 1.33. The van der Waals surface area contributed by atoms with E-state index >= 15 is 0 Å². The monoisotopic (exact) mass is 351 g/mol. The Morgan fingerprint density at radius 1 is 1.38 bits per heavy atom. The van der Waals surface area contributed by atoms with Crippen LogP contribution in [0.15, 0.2) is 30.5 Å².